The van der Waals surface area contributed by atoms with Gasteiger partial charge >= 0.3 is 0 Å². The molecule has 0 aromatic carbocycles. The van der Waals surface area contributed by atoms with Crippen LogP contribution in [0.4, 0.5) is 4.39 Å². The minimum Gasteiger partial charge on any atom is -0.245 e. The summed E-state index contributed by atoms with van der Waals surface area (Å²) in [7, 11) is 0. The van der Waals surface area contributed by atoms with Crippen LogP contribution < -0.4 is 0 Å². The maximum atomic E-state index is 13.3. The maximum absolute atomic E-state index is 13.3. The number of hydrogen-bond acceptors (Lipinski definition) is 4. The molecule has 0 aliphatic heterocycles. The van der Waals surface area contributed by atoms with E-state index in [9.17, 15) is 4.39 Å². The average Bonchev–Trinajstić information content (AvgIpc) is 2.24. The van der Waals surface area contributed by atoms with Gasteiger partial charge in [0.2, 0.25) is 0 Å². The first-order valence-electron chi connectivity index (χ1n) is 4.01. The van der Waals surface area contributed by atoms with Gasteiger partial charge in [-0.3, -0.25) is 0 Å². The van der Waals surface area contributed by atoms with Crippen LogP contribution in [0.25, 0.3) is 0 Å². The van der Waals surface area contributed by atoms with Crippen molar-refractivity contribution in [3.05, 3.63) is 41.6 Å². The van der Waals surface area contributed by atoms with Gasteiger partial charge in [0, 0.05) is 18.6 Å². The normalized spacial score (nSPS) is 10.3. The summed E-state index contributed by atoms with van der Waals surface area (Å²) < 4.78 is 13.3. The van der Waals surface area contributed by atoms with E-state index in [1.165, 1.54) is 12.3 Å². The Bertz CT molecular complexity index is 466. The van der Waals surface area contributed by atoms with Gasteiger partial charge in [0.05, 0.1) is 5.02 Å². The van der Waals surface area contributed by atoms with E-state index in [1.807, 2.05) is 0 Å². The molecule has 3 nitrogen and oxygen atoms in total. The van der Waals surface area contributed by atoms with Crippen molar-refractivity contribution in [2.75, 3.05) is 0 Å². The lowest BCUT2D eigenvalue weighted by Gasteiger charge is -2.00. The van der Waals surface area contributed by atoms with Gasteiger partial charge in [-0.15, -0.1) is 0 Å². The van der Waals surface area contributed by atoms with E-state index in [1.54, 1.807) is 18.5 Å². The number of nitrogens with zero attached hydrogens (tertiary/aromatic N) is 3. The maximum Gasteiger partial charge on any atom is 0.193 e. The fourth-order valence-corrected chi connectivity index (χ4v) is 1.71. The topological polar surface area (TPSA) is 38.7 Å². The monoisotopic (exact) mass is 241 g/mol. The third-order valence-corrected chi connectivity index (χ3v) is 2.60. The molecule has 15 heavy (non-hydrogen) atoms. The molecule has 0 aliphatic rings. The molecule has 0 aliphatic carbocycles. The highest BCUT2D eigenvalue weighted by atomic mass is 35.5. The highest BCUT2D eigenvalue weighted by Crippen LogP contribution is 2.25. The number of hydrogen-bond donors (Lipinski definition) is 0. The van der Waals surface area contributed by atoms with Crippen LogP contribution in [0.3, 0.4) is 0 Å². The fraction of sp³-hybridized carbons (Fsp3) is 0. The molecule has 0 unspecified atom stereocenters. The van der Waals surface area contributed by atoms with E-state index < -0.39 is 5.82 Å². The molecule has 0 atom stereocenters. The molecule has 76 valence electrons. The number of rotatable bonds is 2. The predicted molar refractivity (Wildman–Crippen MR) is 55.4 cm³/mol. The van der Waals surface area contributed by atoms with Gasteiger partial charge in [0.15, 0.2) is 11.0 Å². The van der Waals surface area contributed by atoms with Crippen molar-refractivity contribution in [2.45, 2.75) is 10.2 Å². The first kappa shape index (κ1) is 10.3. The van der Waals surface area contributed by atoms with Crippen LogP contribution in [-0.4, -0.2) is 15.0 Å². The first-order valence-corrected chi connectivity index (χ1v) is 5.21. The minimum atomic E-state index is -0.472. The smallest absolute Gasteiger partial charge is 0.193 e. The largest absolute Gasteiger partial charge is 0.245 e. The summed E-state index contributed by atoms with van der Waals surface area (Å²) in [5.74, 6) is -0.472. The van der Waals surface area contributed by atoms with Crippen molar-refractivity contribution in [3.63, 3.8) is 0 Å². The molecule has 6 heteroatoms. The second-order valence-corrected chi connectivity index (χ2v) is 3.97. The molecular formula is C9H5ClFN3S. The van der Waals surface area contributed by atoms with Crippen LogP contribution in [-0.2, 0) is 0 Å². The third kappa shape index (κ3) is 2.64. The van der Waals surface area contributed by atoms with Crippen molar-refractivity contribution < 1.29 is 4.39 Å². The Kier molecular flexibility index (Phi) is 3.13. The van der Waals surface area contributed by atoms with Gasteiger partial charge in [-0.25, -0.2) is 19.3 Å². The molecule has 0 amide bonds. The van der Waals surface area contributed by atoms with E-state index in [2.05, 4.69) is 15.0 Å². The van der Waals surface area contributed by atoms with Crippen LogP contribution in [0.15, 0.2) is 40.9 Å². The van der Waals surface area contributed by atoms with Gasteiger partial charge in [0.25, 0.3) is 0 Å². The number of halogens is 2. The van der Waals surface area contributed by atoms with Crippen LogP contribution in [0.5, 0.6) is 0 Å². The summed E-state index contributed by atoms with van der Waals surface area (Å²) in [5.41, 5.74) is 0. The summed E-state index contributed by atoms with van der Waals surface area (Å²) >= 11 is 6.63. The van der Waals surface area contributed by atoms with Crippen LogP contribution >= 0.6 is 23.4 Å². The standard InChI is InChI=1S/C9H5ClFN3S/c10-6-4-7(11)8(14-5-6)15-9-12-2-1-3-13-9/h1-5H. The molecule has 2 aromatic heterocycles. The molecule has 2 heterocycles. The Morgan fingerprint density at radius 1 is 1.20 bits per heavy atom. The number of aromatic nitrogens is 3. The van der Waals surface area contributed by atoms with E-state index in [4.69, 9.17) is 11.6 Å². The molecular weight excluding hydrogens is 237 g/mol. The van der Waals surface area contributed by atoms with E-state index in [0.717, 1.165) is 11.8 Å². The molecule has 0 spiro atoms. The molecule has 0 bridgehead atoms. The highest BCUT2D eigenvalue weighted by Gasteiger charge is 2.07. The summed E-state index contributed by atoms with van der Waals surface area (Å²) in [5, 5.41) is 0.933. The van der Waals surface area contributed by atoms with Crippen LogP contribution in [0, 0.1) is 5.82 Å². The summed E-state index contributed by atoms with van der Waals surface area (Å²) in [6, 6.07) is 2.90. The third-order valence-electron chi connectivity index (χ3n) is 1.50. The van der Waals surface area contributed by atoms with Gasteiger partial charge in [-0.2, -0.15) is 0 Å². The molecule has 0 saturated carbocycles. The van der Waals surface area contributed by atoms with Crippen molar-refractivity contribution in [1.82, 2.24) is 15.0 Å². The Balaban J connectivity index is 2.25. The summed E-state index contributed by atoms with van der Waals surface area (Å²) in [4.78, 5) is 11.7. The van der Waals surface area contributed by atoms with Crippen molar-refractivity contribution in [3.8, 4) is 0 Å². The molecule has 2 rings (SSSR count). The van der Waals surface area contributed by atoms with Crippen molar-refractivity contribution >= 4 is 23.4 Å². The van der Waals surface area contributed by atoms with Gasteiger partial charge in [-0.1, -0.05) is 11.6 Å². The predicted octanol–water partition coefficient (Wildman–Crippen LogP) is 2.82. The zero-order chi connectivity index (χ0) is 10.7. The summed E-state index contributed by atoms with van der Waals surface area (Å²) in [6.45, 7) is 0. The summed E-state index contributed by atoms with van der Waals surface area (Å²) in [6.07, 6.45) is 4.56. The molecule has 0 fully saturated rings. The van der Waals surface area contributed by atoms with Gasteiger partial charge in [-0.05, 0) is 23.9 Å². The van der Waals surface area contributed by atoms with Crippen molar-refractivity contribution in [2.24, 2.45) is 0 Å². The molecule has 0 saturated heterocycles. The quantitative estimate of drug-likeness (QED) is 0.758. The Hall–Kier alpha value is -1.20. The highest BCUT2D eigenvalue weighted by molar-refractivity contribution is 7.99. The van der Waals surface area contributed by atoms with Crippen LogP contribution in [0.1, 0.15) is 0 Å². The lowest BCUT2D eigenvalue weighted by Crippen LogP contribution is -1.89. The lowest BCUT2D eigenvalue weighted by molar-refractivity contribution is 0.587. The lowest BCUT2D eigenvalue weighted by atomic mass is 10.5. The number of pyridine rings is 1. The zero-order valence-electron chi connectivity index (χ0n) is 7.39. The second kappa shape index (κ2) is 4.55. The average molecular weight is 242 g/mol. The Labute approximate surface area is 94.7 Å². The SMILES string of the molecule is Fc1cc(Cl)cnc1Sc1ncccn1. The van der Waals surface area contributed by atoms with Gasteiger partial charge < -0.3 is 0 Å². The van der Waals surface area contributed by atoms with Gasteiger partial charge in [0.1, 0.15) is 5.03 Å². The van der Waals surface area contributed by atoms with E-state index in [0.29, 0.717) is 5.16 Å². The zero-order valence-corrected chi connectivity index (χ0v) is 8.96. The Morgan fingerprint density at radius 2 is 1.93 bits per heavy atom. The fourth-order valence-electron chi connectivity index (χ4n) is 0.902. The van der Waals surface area contributed by atoms with E-state index in [-0.39, 0.29) is 10.0 Å². The molecule has 0 radical (unpaired) electrons. The van der Waals surface area contributed by atoms with E-state index >= 15 is 0 Å². The van der Waals surface area contributed by atoms with Crippen LogP contribution in [0.2, 0.25) is 5.02 Å². The molecule has 0 N–H and O–H groups in total. The van der Waals surface area contributed by atoms with Crippen molar-refractivity contribution in [1.29, 1.82) is 0 Å². The second-order valence-electron chi connectivity index (χ2n) is 2.57. The minimum absolute atomic E-state index is 0.214. The molecule has 2 aromatic rings. The first-order chi connectivity index (χ1) is 7.25. The Morgan fingerprint density at radius 3 is 2.60 bits per heavy atom.